The standard InChI is InChI=1S/C14H28N2O/c1-10-6-11(8-13(2,3)7-10)16-9-14(4,5)12(15)17/h10-11,16H,6-9H2,1-5H3,(H2,15,17). The van der Waals surface area contributed by atoms with E-state index < -0.39 is 5.41 Å². The SMILES string of the molecule is CC1CC(NCC(C)(C)C(N)=O)CC(C)(C)C1. The minimum atomic E-state index is -0.454. The van der Waals surface area contributed by atoms with E-state index in [4.69, 9.17) is 5.73 Å². The van der Waals surface area contributed by atoms with E-state index in [1.807, 2.05) is 13.8 Å². The molecule has 1 saturated carbocycles. The number of carbonyl (C=O) groups is 1. The fourth-order valence-electron chi connectivity index (χ4n) is 2.99. The average molecular weight is 240 g/mol. The third-order valence-electron chi connectivity index (χ3n) is 3.89. The quantitative estimate of drug-likeness (QED) is 0.792. The molecule has 0 heterocycles. The van der Waals surface area contributed by atoms with E-state index in [9.17, 15) is 4.79 Å². The zero-order valence-corrected chi connectivity index (χ0v) is 12.0. The monoisotopic (exact) mass is 240 g/mol. The Bertz CT molecular complexity index is 284. The number of primary amides is 1. The maximum absolute atomic E-state index is 11.3. The molecule has 0 radical (unpaired) electrons. The molecule has 1 aliphatic rings. The molecule has 2 atom stereocenters. The van der Waals surface area contributed by atoms with E-state index in [1.54, 1.807) is 0 Å². The van der Waals surface area contributed by atoms with E-state index in [0.717, 1.165) is 5.92 Å². The van der Waals surface area contributed by atoms with E-state index in [-0.39, 0.29) is 5.91 Å². The Morgan fingerprint density at radius 3 is 2.47 bits per heavy atom. The summed E-state index contributed by atoms with van der Waals surface area (Å²) in [5.74, 6) is 0.529. The molecular weight excluding hydrogens is 212 g/mol. The fourth-order valence-corrected chi connectivity index (χ4v) is 2.99. The molecule has 100 valence electrons. The molecule has 0 aromatic rings. The number of rotatable bonds is 4. The van der Waals surface area contributed by atoms with E-state index in [0.29, 0.717) is 18.0 Å². The molecule has 0 aromatic carbocycles. The highest BCUT2D eigenvalue weighted by Crippen LogP contribution is 2.38. The molecule has 0 saturated heterocycles. The van der Waals surface area contributed by atoms with E-state index in [1.165, 1.54) is 19.3 Å². The summed E-state index contributed by atoms with van der Waals surface area (Å²) in [6, 6.07) is 0.521. The molecule has 1 fully saturated rings. The van der Waals surface area contributed by atoms with Crippen molar-refractivity contribution in [3.63, 3.8) is 0 Å². The Morgan fingerprint density at radius 2 is 2.00 bits per heavy atom. The van der Waals surface area contributed by atoms with Crippen molar-refractivity contribution in [3.8, 4) is 0 Å². The summed E-state index contributed by atoms with van der Waals surface area (Å²) in [5, 5.41) is 3.53. The Kier molecular flexibility index (Phi) is 4.23. The van der Waals surface area contributed by atoms with Crippen molar-refractivity contribution in [3.05, 3.63) is 0 Å². The van der Waals surface area contributed by atoms with Gasteiger partial charge in [0.25, 0.3) is 0 Å². The third-order valence-corrected chi connectivity index (χ3v) is 3.89. The van der Waals surface area contributed by atoms with Crippen LogP contribution in [0.4, 0.5) is 0 Å². The van der Waals surface area contributed by atoms with Crippen LogP contribution in [0.2, 0.25) is 0 Å². The molecule has 3 N–H and O–H groups in total. The van der Waals surface area contributed by atoms with Crippen LogP contribution in [-0.2, 0) is 4.79 Å². The maximum Gasteiger partial charge on any atom is 0.224 e. The maximum atomic E-state index is 11.3. The normalized spacial score (nSPS) is 29.0. The highest BCUT2D eigenvalue weighted by atomic mass is 16.1. The van der Waals surface area contributed by atoms with Crippen LogP contribution in [0.3, 0.4) is 0 Å². The Morgan fingerprint density at radius 1 is 1.41 bits per heavy atom. The predicted octanol–water partition coefficient (Wildman–Crippen LogP) is 2.30. The van der Waals surface area contributed by atoms with Gasteiger partial charge in [0.1, 0.15) is 0 Å². The molecule has 1 rings (SSSR count). The lowest BCUT2D eigenvalue weighted by molar-refractivity contribution is -0.125. The highest BCUT2D eigenvalue weighted by Gasteiger charge is 2.33. The highest BCUT2D eigenvalue weighted by molar-refractivity contribution is 5.80. The molecule has 17 heavy (non-hydrogen) atoms. The van der Waals surface area contributed by atoms with Gasteiger partial charge in [-0.3, -0.25) is 4.79 Å². The van der Waals surface area contributed by atoms with E-state index >= 15 is 0 Å². The minimum Gasteiger partial charge on any atom is -0.369 e. The minimum absolute atomic E-state index is 0.229. The van der Waals surface area contributed by atoms with Crippen LogP contribution in [0.15, 0.2) is 0 Å². The van der Waals surface area contributed by atoms with Crippen LogP contribution < -0.4 is 11.1 Å². The second-order valence-corrected chi connectivity index (χ2v) is 7.24. The Labute approximate surface area is 106 Å². The van der Waals surface area contributed by atoms with Crippen LogP contribution >= 0.6 is 0 Å². The van der Waals surface area contributed by atoms with Crippen LogP contribution in [-0.4, -0.2) is 18.5 Å². The number of amides is 1. The van der Waals surface area contributed by atoms with Gasteiger partial charge in [0.05, 0.1) is 5.41 Å². The summed E-state index contributed by atoms with van der Waals surface area (Å²) in [4.78, 5) is 11.3. The smallest absolute Gasteiger partial charge is 0.224 e. The number of nitrogens with two attached hydrogens (primary N) is 1. The van der Waals surface area contributed by atoms with Gasteiger partial charge in [-0.25, -0.2) is 0 Å². The Hall–Kier alpha value is -0.570. The van der Waals surface area contributed by atoms with Gasteiger partial charge in [0.15, 0.2) is 0 Å². The van der Waals surface area contributed by atoms with Crippen molar-refractivity contribution >= 4 is 5.91 Å². The number of nitrogens with one attached hydrogen (secondary N) is 1. The van der Waals surface area contributed by atoms with Gasteiger partial charge in [-0.15, -0.1) is 0 Å². The van der Waals surface area contributed by atoms with Crippen molar-refractivity contribution in [1.29, 1.82) is 0 Å². The first-order valence-electron chi connectivity index (χ1n) is 6.66. The zero-order chi connectivity index (χ0) is 13.3. The van der Waals surface area contributed by atoms with Crippen LogP contribution in [0, 0.1) is 16.7 Å². The van der Waals surface area contributed by atoms with Gasteiger partial charge in [0.2, 0.25) is 5.91 Å². The lowest BCUT2D eigenvalue weighted by Gasteiger charge is -2.40. The van der Waals surface area contributed by atoms with Crippen molar-refractivity contribution in [2.45, 2.75) is 59.9 Å². The first-order chi connectivity index (χ1) is 7.62. The van der Waals surface area contributed by atoms with Crippen LogP contribution in [0.1, 0.15) is 53.9 Å². The van der Waals surface area contributed by atoms with Crippen molar-refractivity contribution in [2.75, 3.05) is 6.54 Å². The van der Waals surface area contributed by atoms with Gasteiger partial charge in [-0.05, 0) is 44.4 Å². The summed E-state index contributed by atoms with van der Waals surface area (Å²) in [5.41, 5.74) is 5.34. The second-order valence-electron chi connectivity index (χ2n) is 7.24. The van der Waals surface area contributed by atoms with Gasteiger partial charge in [-0.2, -0.15) is 0 Å². The second kappa shape index (κ2) is 4.97. The summed E-state index contributed by atoms with van der Waals surface area (Å²) in [6.45, 7) is 11.5. The number of carbonyl (C=O) groups excluding carboxylic acids is 1. The predicted molar refractivity (Wildman–Crippen MR) is 71.6 cm³/mol. The fraction of sp³-hybridized carbons (Fsp3) is 0.929. The molecule has 3 heteroatoms. The van der Waals surface area contributed by atoms with Gasteiger partial charge in [-0.1, -0.05) is 20.8 Å². The number of hydrogen-bond acceptors (Lipinski definition) is 2. The Balaban J connectivity index is 2.50. The molecular formula is C14H28N2O. The summed E-state index contributed by atoms with van der Waals surface area (Å²) >= 11 is 0. The van der Waals surface area contributed by atoms with Crippen LogP contribution in [0.25, 0.3) is 0 Å². The molecule has 3 nitrogen and oxygen atoms in total. The molecule has 1 amide bonds. The molecule has 0 aromatic heterocycles. The largest absolute Gasteiger partial charge is 0.369 e. The van der Waals surface area contributed by atoms with Gasteiger partial charge < -0.3 is 11.1 Å². The van der Waals surface area contributed by atoms with Crippen molar-refractivity contribution in [1.82, 2.24) is 5.32 Å². The summed E-state index contributed by atoms with van der Waals surface area (Å²) in [6.07, 6.45) is 3.69. The average Bonchev–Trinajstić information content (AvgIpc) is 2.11. The summed E-state index contributed by atoms with van der Waals surface area (Å²) in [7, 11) is 0. The van der Waals surface area contributed by atoms with Gasteiger partial charge >= 0.3 is 0 Å². The van der Waals surface area contributed by atoms with Crippen molar-refractivity contribution < 1.29 is 4.79 Å². The van der Waals surface area contributed by atoms with E-state index in [2.05, 4.69) is 26.1 Å². The molecule has 1 aliphatic carbocycles. The lowest BCUT2D eigenvalue weighted by Crippen LogP contribution is -2.47. The lowest BCUT2D eigenvalue weighted by atomic mass is 9.70. The zero-order valence-electron chi connectivity index (χ0n) is 12.0. The van der Waals surface area contributed by atoms with Gasteiger partial charge in [0, 0.05) is 12.6 Å². The molecule has 0 aliphatic heterocycles. The first kappa shape index (κ1) is 14.5. The number of hydrogen-bond donors (Lipinski definition) is 2. The summed E-state index contributed by atoms with van der Waals surface area (Å²) < 4.78 is 0. The third kappa shape index (κ3) is 4.30. The van der Waals surface area contributed by atoms with Crippen molar-refractivity contribution in [2.24, 2.45) is 22.5 Å². The topological polar surface area (TPSA) is 55.1 Å². The van der Waals surface area contributed by atoms with Crippen LogP contribution in [0.5, 0.6) is 0 Å². The molecule has 0 bridgehead atoms. The molecule has 2 unspecified atom stereocenters. The molecule has 0 spiro atoms. The first-order valence-corrected chi connectivity index (χ1v) is 6.66.